The Morgan fingerprint density at radius 3 is 1.89 bits per heavy atom. The number of esters is 2. The molecular weight excluding hydrogens is 596 g/mol. The number of likely N-dealkylation sites (tertiary alicyclic amines) is 1. The number of carbonyl (C=O) groups excluding carboxylic acids is 4. The van der Waals surface area contributed by atoms with E-state index in [4.69, 9.17) is 14.5 Å². The van der Waals surface area contributed by atoms with Gasteiger partial charge in [0.1, 0.15) is 0 Å². The summed E-state index contributed by atoms with van der Waals surface area (Å²) in [5.74, 6) is 1.63. The van der Waals surface area contributed by atoms with Gasteiger partial charge < -0.3 is 19.8 Å². The summed E-state index contributed by atoms with van der Waals surface area (Å²) in [6.45, 7) is 18.4. The number of allylic oxidation sites excluding steroid dienone is 1. The lowest BCUT2D eigenvalue weighted by molar-refractivity contribution is -0.149. The maximum atomic E-state index is 13.7. The second-order valence-electron chi connectivity index (χ2n) is 15.1. The number of amidine groups is 1. The standard InChI is InChI=1S/C37H52N4O6/c1-18-13-20(3)30(21(4)14-18)36(44)46-32-24(7)27(39-34(32)38-26(9)42)17-28-25(8)33(35(40-28)41-12-10-11-29(41)43)47-37(45)31-22(5)15-19(2)16-23(31)6/h17-23,30-31,39H,10-16H2,1-9H3,(H,38,42). The molecule has 2 aliphatic heterocycles. The molecule has 1 aromatic rings. The summed E-state index contributed by atoms with van der Waals surface area (Å²) in [6, 6.07) is 0. The average Bonchev–Trinajstić information content (AvgIpc) is 3.59. The molecule has 2 aliphatic carbocycles. The number of aromatic nitrogens is 1. The number of aliphatic imine (C=N–C) groups is 1. The van der Waals surface area contributed by atoms with Crippen molar-refractivity contribution in [3.05, 3.63) is 28.3 Å². The van der Waals surface area contributed by atoms with E-state index >= 15 is 0 Å². The van der Waals surface area contributed by atoms with Gasteiger partial charge in [0.05, 0.1) is 17.5 Å². The molecule has 4 atom stereocenters. The quantitative estimate of drug-likeness (QED) is 0.319. The average molecular weight is 649 g/mol. The predicted molar refractivity (Wildman–Crippen MR) is 181 cm³/mol. The fourth-order valence-electron chi connectivity index (χ4n) is 8.82. The van der Waals surface area contributed by atoms with Gasteiger partial charge in [0.2, 0.25) is 11.8 Å². The molecule has 0 radical (unpaired) electrons. The van der Waals surface area contributed by atoms with Crippen LogP contribution in [0.1, 0.15) is 105 Å². The van der Waals surface area contributed by atoms with Crippen LogP contribution in [-0.4, -0.2) is 46.0 Å². The number of aromatic amines is 1. The van der Waals surface area contributed by atoms with E-state index in [9.17, 15) is 19.2 Å². The van der Waals surface area contributed by atoms with Crippen LogP contribution in [0.2, 0.25) is 0 Å². The van der Waals surface area contributed by atoms with Crippen molar-refractivity contribution in [3.8, 4) is 5.75 Å². The molecule has 1 saturated heterocycles. The molecule has 47 heavy (non-hydrogen) atoms. The van der Waals surface area contributed by atoms with E-state index in [-0.39, 0.29) is 65.0 Å². The normalized spacial score (nSPS) is 32.1. The number of anilines is 1. The Morgan fingerprint density at radius 2 is 1.40 bits per heavy atom. The van der Waals surface area contributed by atoms with E-state index in [0.29, 0.717) is 71.2 Å². The summed E-state index contributed by atoms with van der Waals surface area (Å²) < 4.78 is 12.2. The van der Waals surface area contributed by atoms with Crippen molar-refractivity contribution in [2.24, 2.45) is 52.3 Å². The Morgan fingerprint density at radius 1 is 0.872 bits per heavy atom. The molecule has 4 unspecified atom stereocenters. The van der Waals surface area contributed by atoms with Crippen LogP contribution < -0.4 is 10.1 Å². The number of amides is 2. The highest BCUT2D eigenvalue weighted by atomic mass is 16.5. The van der Waals surface area contributed by atoms with E-state index in [1.54, 1.807) is 11.0 Å². The minimum absolute atomic E-state index is 0.0571. The minimum Gasteiger partial charge on any atom is -0.422 e. The highest BCUT2D eigenvalue weighted by molar-refractivity contribution is 6.11. The summed E-state index contributed by atoms with van der Waals surface area (Å²) in [7, 11) is 0. The van der Waals surface area contributed by atoms with Gasteiger partial charge >= 0.3 is 11.9 Å². The van der Waals surface area contributed by atoms with Crippen molar-refractivity contribution in [2.75, 3.05) is 11.9 Å². The number of rotatable bonds is 6. The van der Waals surface area contributed by atoms with Crippen LogP contribution in [0.4, 0.5) is 5.82 Å². The predicted octanol–water partition coefficient (Wildman–Crippen LogP) is 7.02. The van der Waals surface area contributed by atoms with Crippen LogP contribution in [0.3, 0.4) is 0 Å². The first kappa shape index (κ1) is 34.6. The molecule has 10 heteroatoms. The van der Waals surface area contributed by atoms with Crippen molar-refractivity contribution in [1.29, 1.82) is 0 Å². The maximum Gasteiger partial charge on any atom is 0.315 e. The first-order valence-corrected chi connectivity index (χ1v) is 17.4. The van der Waals surface area contributed by atoms with Crippen LogP contribution in [0.25, 0.3) is 6.08 Å². The highest BCUT2D eigenvalue weighted by Crippen LogP contribution is 2.42. The lowest BCUT2D eigenvalue weighted by Gasteiger charge is -2.36. The van der Waals surface area contributed by atoms with Crippen molar-refractivity contribution in [3.63, 3.8) is 0 Å². The molecule has 5 rings (SSSR count). The monoisotopic (exact) mass is 648 g/mol. The van der Waals surface area contributed by atoms with Crippen LogP contribution in [0.5, 0.6) is 5.75 Å². The van der Waals surface area contributed by atoms with Crippen molar-refractivity contribution >= 4 is 41.5 Å². The number of ether oxygens (including phenoxy) is 2. The Labute approximate surface area is 278 Å². The van der Waals surface area contributed by atoms with E-state index < -0.39 is 0 Å². The lowest BCUT2D eigenvalue weighted by atomic mass is 9.69. The first-order valence-electron chi connectivity index (χ1n) is 17.4. The van der Waals surface area contributed by atoms with Crippen LogP contribution >= 0.6 is 0 Å². The number of hydrogen-bond donors (Lipinski definition) is 2. The molecule has 3 fully saturated rings. The number of nitrogens with zero attached hydrogens (tertiary/aromatic N) is 2. The molecule has 0 bridgehead atoms. The van der Waals surface area contributed by atoms with Gasteiger partial charge in [0, 0.05) is 36.7 Å². The van der Waals surface area contributed by atoms with Gasteiger partial charge in [-0.05, 0) is 87.5 Å². The Balaban J connectivity index is 1.49. The van der Waals surface area contributed by atoms with E-state index in [2.05, 4.69) is 51.8 Å². The number of nitrogens with one attached hydrogen (secondary N) is 2. The molecule has 2 N–H and O–H groups in total. The van der Waals surface area contributed by atoms with Crippen LogP contribution in [-0.2, 0) is 23.9 Å². The summed E-state index contributed by atoms with van der Waals surface area (Å²) in [5.41, 5.74) is 2.35. The zero-order chi connectivity index (χ0) is 34.3. The number of carbonyl (C=O) groups is 4. The van der Waals surface area contributed by atoms with Gasteiger partial charge in [-0.3, -0.25) is 24.1 Å². The second kappa shape index (κ2) is 13.8. The molecule has 10 nitrogen and oxygen atoms in total. The third kappa shape index (κ3) is 7.11. The topological polar surface area (TPSA) is 130 Å². The Bertz CT molecular complexity index is 1510. The molecule has 1 aromatic heterocycles. The molecular formula is C37H52N4O6. The van der Waals surface area contributed by atoms with E-state index in [1.165, 1.54) is 6.92 Å². The van der Waals surface area contributed by atoms with E-state index in [1.807, 2.05) is 13.8 Å². The smallest absolute Gasteiger partial charge is 0.315 e. The molecule has 2 saturated carbocycles. The SMILES string of the molecule is CC(=O)Nc1[nH]c(C=C2N=C(N3CCCC3=O)C(OC(=O)C3C(C)CC(C)CC3C)=C2C)c(C)c1OC(=O)C1C(C)CC(C)CC1C. The zero-order valence-corrected chi connectivity index (χ0v) is 29.5. The van der Waals surface area contributed by atoms with Crippen molar-refractivity contribution in [2.45, 2.75) is 101 Å². The molecule has 2 amide bonds. The second-order valence-corrected chi connectivity index (χ2v) is 15.1. The molecule has 256 valence electrons. The number of H-pyrrole nitrogens is 1. The van der Waals surface area contributed by atoms with Gasteiger partial charge in [-0.1, -0.05) is 41.5 Å². The third-order valence-electron chi connectivity index (χ3n) is 10.8. The van der Waals surface area contributed by atoms with Gasteiger partial charge in [0.15, 0.2) is 23.2 Å². The minimum atomic E-state index is -0.310. The Kier molecular flexibility index (Phi) is 10.2. The summed E-state index contributed by atoms with van der Waals surface area (Å²) in [6.07, 6.45) is 6.75. The van der Waals surface area contributed by atoms with Crippen LogP contribution in [0, 0.1) is 54.3 Å². The van der Waals surface area contributed by atoms with Crippen molar-refractivity contribution in [1.82, 2.24) is 9.88 Å². The maximum absolute atomic E-state index is 13.7. The molecule has 4 aliphatic rings. The summed E-state index contributed by atoms with van der Waals surface area (Å²) in [5, 5.41) is 2.78. The van der Waals surface area contributed by atoms with Crippen molar-refractivity contribution < 1.29 is 28.7 Å². The van der Waals surface area contributed by atoms with Crippen LogP contribution in [0.15, 0.2) is 22.0 Å². The fourth-order valence-corrected chi connectivity index (χ4v) is 8.82. The first-order chi connectivity index (χ1) is 22.2. The molecule has 0 aromatic carbocycles. The molecule has 0 spiro atoms. The van der Waals surface area contributed by atoms with Gasteiger partial charge in [-0.25, -0.2) is 4.99 Å². The largest absolute Gasteiger partial charge is 0.422 e. The lowest BCUT2D eigenvalue weighted by Crippen LogP contribution is -2.38. The van der Waals surface area contributed by atoms with Gasteiger partial charge in [-0.15, -0.1) is 0 Å². The summed E-state index contributed by atoms with van der Waals surface area (Å²) in [4.78, 5) is 62.0. The van der Waals surface area contributed by atoms with Gasteiger partial charge in [-0.2, -0.15) is 0 Å². The van der Waals surface area contributed by atoms with E-state index in [0.717, 1.165) is 25.7 Å². The summed E-state index contributed by atoms with van der Waals surface area (Å²) >= 11 is 0. The zero-order valence-electron chi connectivity index (χ0n) is 29.5. The Hall–Kier alpha value is -3.69. The third-order valence-corrected chi connectivity index (χ3v) is 10.8. The number of hydrogen-bond acceptors (Lipinski definition) is 7. The highest BCUT2D eigenvalue weighted by Gasteiger charge is 2.41. The van der Waals surface area contributed by atoms with Gasteiger partial charge in [0.25, 0.3) is 0 Å². The fraction of sp³-hybridized carbons (Fsp3) is 0.649. The molecule has 3 heterocycles.